The minimum atomic E-state index is -0.194. The van der Waals surface area contributed by atoms with Crippen LogP contribution in [0.3, 0.4) is 0 Å². The molecule has 1 aromatic heterocycles. The molecule has 0 spiro atoms. The van der Waals surface area contributed by atoms with Crippen molar-refractivity contribution in [2.45, 2.75) is 25.2 Å². The molecule has 116 valence electrons. The van der Waals surface area contributed by atoms with E-state index in [1.54, 1.807) is 0 Å². The maximum Gasteiger partial charge on any atom is 0.277 e. The summed E-state index contributed by atoms with van der Waals surface area (Å²) in [5.74, 6) is 5.56. The zero-order chi connectivity index (χ0) is 14.8. The number of likely N-dealkylation sites (N-methyl/N-ethyl adjacent to an activating group) is 1. The standard InChI is InChI=1S/C14H23N5OS/c1-18-6-8-19(9-7-18)5-4-11-16-12(10-2-3-10)13(21-11)14(20)17-15/h10H,2-9,15H2,1H3,(H,17,20). The van der Waals surface area contributed by atoms with Crippen molar-refractivity contribution in [3.8, 4) is 0 Å². The summed E-state index contributed by atoms with van der Waals surface area (Å²) >= 11 is 1.51. The first-order valence-electron chi connectivity index (χ1n) is 7.59. The topological polar surface area (TPSA) is 74.5 Å². The van der Waals surface area contributed by atoms with Crippen molar-refractivity contribution in [2.75, 3.05) is 39.8 Å². The van der Waals surface area contributed by atoms with Gasteiger partial charge in [-0.15, -0.1) is 11.3 Å². The zero-order valence-corrected chi connectivity index (χ0v) is 13.3. The smallest absolute Gasteiger partial charge is 0.277 e. The number of aromatic nitrogens is 1. The Kier molecular flexibility index (Phi) is 4.54. The van der Waals surface area contributed by atoms with E-state index in [4.69, 9.17) is 10.8 Å². The van der Waals surface area contributed by atoms with Crippen molar-refractivity contribution in [1.29, 1.82) is 0 Å². The molecule has 1 aliphatic heterocycles. The molecule has 0 radical (unpaired) electrons. The fourth-order valence-electron chi connectivity index (χ4n) is 2.67. The number of rotatable bonds is 5. The highest BCUT2D eigenvalue weighted by Gasteiger charge is 2.31. The highest BCUT2D eigenvalue weighted by atomic mass is 32.1. The van der Waals surface area contributed by atoms with Gasteiger partial charge in [0.1, 0.15) is 4.88 Å². The molecule has 3 rings (SSSR count). The third kappa shape index (κ3) is 3.60. The lowest BCUT2D eigenvalue weighted by Crippen LogP contribution is -2.45. The van der Waals surface area contributed by atoms with Crippen LogP contribution in [-0.2, 0) is 6.42 Å². The first-order valence-corrected chi connectivity index (χ1v) is 8.40. The number of carbonyl (C=O) groups excluding carboxylic acids is 1. The third-order valence-electron chi connectivity index (χ3n) is 4.24. The molecule has 6 nitrogen and oxygen atoms in total. The summed E-state index contributed by atoms with van der Waals surface area (Å²) < 4.78 is 0. The lowest BCUT2D eigenvalue weighted by atomic mass is 10.2. The van der Waals surface area contributed by atoms with Crippen molar-refractivity contribution in [3.63, 3.8) is 0 Å². The van der Waals surface area contributed by atoms with Gasteiger partial charge in [0.05, 0.1) is 10.7 Å². The lowest BCUT2D eigenvalue weighted by molar-refractivity contribution is 0.0956. The Morgan fingerprint density at radius 2 is 2.10 bits per heavy atom. The van der Waals surface area contributed by atoms with E-state index in [-0.39, 0.29) is 5.91 Å². The van der Waals surface area contributed by atoms with Crippen molar-refractivity contribution in [1.82, 2.24) is 20.2 Å². The molecule has 2 aliphatic rings. The van der Waals surface area contributed by atoms with E-state index in [1.165, 1.54) is 11.3 Å². The van der Waals surface area contributed by atoms with Gasteiger partial charge in [0, 0.05) is 45.1 Å². The zero-order valence-electron chi connectivity index (χ0n) is 12.5. The Labute approximate surface area is 129 Å². The van der Waals surface area contributed by atoms with E-state index >= 15 is 0 Å². The van der Waals surface area contributed by atoms with E-state index in [9.17, 15) is 4.79 Å². The van der Waals surface area contributed by atoms with E-state index in [0.717, 1.165) is 62.7 Å². The Morgan fingerprint density at radius 3 is 2.71 bits per heavy atom. The van der Waals surface area contributed by atoms with Crippen LogP contribution in [-0.4, -0.2) is 60.5 Å². The van der Waals surface area contributed by atoms with Crippen LogP contribution in [0.4, 0.5) is 0 Å². The van der Waals surface area contributed by atoms with E-state index in [1.807, 2.05) is 0 Å². The van der Waals surface area contributed by atoms with Crippen LogP contribution in [0.25, 0.3) is 0 Å². The van der Waals surface area contributed by atoms with Crippen LogP contribution in [0, 0.1) is 0 Å². The number of hydrogen-bond donors (Lipinski definition) is 2. The number of nitrogen functional groups attached to an aromatic ring is 1. The monoisotopic (exact) mass is 309 g/mol. The average Bonchev–Trinajstić information content (AvgIpc) is 3.26. The molecule has 3 N–H and O–H groups in total. The largest absolute Gasteiger partial charge is 0.304 e. The second-order valence-corrected chi connectivity index (χ2v) is 7.05. The van der Waals surface area contributed by atoms with E-state index in [2.05, 4.69) is 22.3 Å². The number of thiazole rings is 1. The summed E-state index contributed by atoms with van der Waals surface area (Å²) in [4.78, 5) is 22.1. The summed E-state index contributed by atoms with van der Waals surface area (Å²) in [7, 11) is 2.16. The first kappa shape index (κ1) is 14.9. The highest BCUT2D eigenvalue weighted by molar-refractivity contribution is 7.13. The summed E-state index contributed by atoms with van der Waals surface area (Å²) in [6.45, 7) is 5.52. The minimum absolute atomic E-state index is 0.194. The molecule has 21 heavy (non-hydrogen) atoms. The van der Waals surface area contributed by atoms with Gasteiger partial charge in [0.25, 0.3) is 5.91 Å². The van der Waals surface area contributed by atoms with Gasteiger partial charge in [-0.2, -0.15) is 0 Å². The van der Waals surface area contributed by atoms with E-state index in [0.29, 0.717) is 10.8 Å². The number of hydrogen-bond acceptors (Lipinski definition) is 6. The van der Waals surface area contributed by atoms with Crippen LogP contribution in [0.5, 0.6) is 0 Å². The minimum Gasteiger partial charge on any atom is -0.304 e. The Bertz CT molecular complexity index is 505. The Morgan fingerprint density at radius 1 is 1.38 bits per heavy atom. The number of piperazine rings is 1. The molecule has 0 bridgehead atoms. The van der Waals surface area contributed by atoms with Crippen LogP contribution < -0.4 is 11.3 Å². The van der Waals surface area contributed by atoms with Crippen molar-refractivity contribution >= 4 is 17.2 Å². The summed E-state index contributed by atoms with van der Waals surface area (Å²) in [6, 6.07) is 0. The molecule has 1 amide bonds. The predicted molar refractivity (Wildman–Crippen MR) is 83.4 cm³/mol. The Balaban J connectivity index is 1.61. The number of nitrogens with zero attached hydrogens (tertiary/aromatic N) is 3. The fraction of sp³-hybridized carbons (Fsp3) is 0.714. The number of nitrogens with two attached hydrogens (primary N) is 1. The molecular formula is C14H23N5OS. The normalized spacial score (nSPS) is 20.7. The number of amides is 1. The second-order valence-electron chi connectivity index (χ2n) is 5.96. The second kappa shape index (κ2) is 6.39. The first-order chi connectivity index (χ1) is 10.2. The van der Waals surface area contributed by atoms with Gasteiger partial charge in [0.2, 0.25) is 0 Å². The van der Waals surface area contributed by atoms with Gasteiger partial charge in [0.15, 0.2) is 0 Å². The third-order valence-corrected chi connectivity index (χ3v) is 5.37. The average molecular weight is 309 g/mol. The molecule has 2 fully saturated rings. The van der Waals surface area contributed by atoms with Crippen molar-refractivity contribution in [3.05, 3.63) is 15.6 Å². The van der Waals surface area contributed by atoms with Gasteiger partial charge in [-0.3, -0.25) is 10.2 Å². The SMILES string of the molecule is CN1CCN(CCc2nc(C3CC3)c(C(=O)NN)s2)CC1. The summed E-state index contributed by atoms with van der Waals surface area (Å²) in [6.07, 6.45) is 3.21. The summed E-state index contributed by atoms with van der Waals surface area (Å²) in [5.41, 5.74) is 3.21. The molecular weight excluding hydrogens is 286 g/mol. The van der Waals surface area contributed by atoms with Crippen molar-refractivity contribution < 1.29 is 4.79 Å². The Hall–Kier alpha value is -1.02. The lowest BCUT2D eigenvalue weighted by Gasteiger charge is -2.32. The highest BCUT2D eigenvalue weighted by Crippen LogP contribution is 2.42. The molecule has 2 heterocycles. The summed E-state index contributed by atoms with van der Waals surface area (Å²) in [5, 5.41) is 1.06. The van der Waals surface area contributed by atoms with Crippen LogP contribution in [0.2, 0.25) is 0 Å². The van der Waals surface area contributed by atoms with Gasteiger partial charge in [-0.05, 0) is 19.9 Å². The molecule has 0 atom stereocenters. The molecule has 1 saturated carbocycles. The quantitative estimate of drug-likeness (QED) is 0.468. The number of carbonyl (C=O) groups is 1. The van der Waals surface area contributed by atoms with Gasteiger partial charge >= 0.3 is 0 Å². The van der Waals surface area contributed by atoms with Crippen molar-refractivity contribution in [2.24, 2.45) is 5.84 Å². The van der Waals surface area contributed by atoms with Gasteiger partial charge in [-0.25, -0.2) is 10.8 Å². The number of hydrazine groups is 1. The van der Waals surface area contributed by atoms with Gasteiger partial charge in [-0.1, -0.05) is 0 Å². The van der Waals surface area contributed by atoms with Gasteiger partial charge < -0.3 is 9.80 Å². The number of nitrogens with one attached hydrogen (secondary N) is 1. The molecule has 0 unspecified atom stereocenters. The maximum atomic E-state index is 11.8. The fourth-order valence-corrected chi connectivity index (χ4v) is 3.71. The maximum absolute atomic E-state index is 11.8. The van der Waals surface area contributed by atoms with Crippen LogP contribution in [0.1, 0.15) is 39.1 Å². The van der Waals surface area contributed by atoms with Crippen LogP contribution in [0.15, 0.2) is 0 Å². The van der Waals surface area contributed by atoms with E-state index < -0.39 is 0 Å². The molecule has 1 aromatic rings. The molecule has 0 aromatic carbocycles. The molecule has 1 saturated heterocycles. The molecule has 7 heteroatoms. The molecule has 1 aliphatic carbocycles. The van der Waals surface area contributed by atoms with Crippen LogP contribution >= 0.6 is 11.3 Å². The predicted octanol–water partition coefficient (Wildman–Crippen LogP) is 0.414.